The average molecular weight is 441 g/mol. The van der Waals surface area contributed by atoms with E-state index in [-0.39, 0.29) is 17.9 Å². The molecular formula is C22H30F3N3O3. The van der Waals surface area contributed by atoms with Crippen LogP contribution in [0.25, 0.3) is 0 Å². The largest absolute Gasteiger partial charge is 0.452 e. The van der Waals surface area contributed by atoms with Crippen LogP contribution in [0.4, 0.5) is 19.0 Å². The van der Waals surface area contributed by atoms with Crippen LogP contribution >= 0.6 is 0 Å². The van der Waals surface area contributed by atoms with Crippen LogP contribution in [0.3, 0.4) is 0 Å². The third kappa shape index (κ3) is 6.11. The first kappa shape index (κ1) is 23.3. The third-order valence-electron chi connectivity index (χ3n) is 6.33. The summed E-state index contributed by atoms with van der Waals surface area (Å²) >= 11 is 0. The summed E-state index contributed by atoms with van der Waals surface area (Å²) in [6.07, 6.45) is 0.856. The fraction of sp³-hybridized carbons (Fsp3) is 0.682. The molecule has 3 atom stereocenters. The number of carbonyl (C=O) groups excluding carboxylic acids is 2. The fourth-order valence-corrected chi connectivity index (χ4v) is 4.24. The van der Waals surface area contributed by atoms with Crippen LogP contribution in [0.15, 0.2) is 18.3 Å². The Morgan fingerprint density at radius 3 is 2.42 bits per heavy atom. The zero-order valence-corrected chi connectivity index (χ0v) is 18.0. The minimum Gasteiger partial charge on any atom is -0.452 e. The second kappa shape index (κ2) is 9.87. The number of pyridine rings is 1. The summed E-state index contributed by atoms with van der Waals surface area (Å²) in [7, 11) is 0. The highest BCUT2D eigenvalue weighted by molar-refractivity contribution is 5.84. The van der Waals surface area contributed by atoms with Gasteiger partial charge in [0.2, 0.25) is 0 Å². The van der Waals surface area contributed by atoms with E-state index in [0.29, 0.717) is 37.7 Å². The maximum atomic E-state index is 12.7. The van der Waals surface area contributed by atoms with Crippen molar-refractivity contribution in [1.29, 1.82) is 0 Å². The number of alkyl halides is 3. The minimum atomic E-state index is -4.42. The van der Waals surface area contributed by atoms with Gasteiger partial charge < -0.3 is 15.0 Å². The molecule has 1 aliphatic carbocycles. The molecule has 2 aliphatic rings. The first-order chi connectivity index (χ1) is 14.6. The van der Waals surface area contributed by atoms with Crippen LogP contribution in [0.2, 0.25) is 0 Å². The van der Waals surface area contributed by atoms with E-state index < -0.39 is 23.8 Å². The number of amides is 1. The molecule has 172 valence electrons. The summed E-state index contributed by atoms with van der Waals surface area (Å²) in [5.41, 5.74) is -0.787. The van der Waals surface area contributed by atoms with E-state index >= 15 is 0 Å². The van der Waals surface area contributed by atoms with Crippen molar-refractivity contribution >= 4 is 17.7 Å². The Morgan fingerprint density at radius 1 is 1.16 bits per heavy atom. The van der Waals surface area contributed by atoms with Gasteiger partial charge in [-0.25, -0.2) is 4.98 Å². The van der Waals surface area contributed by atoms with Crippen molar-refractivity contribution in [2.75, 3.05) is 18.0 Å². The number of hydrogen-bond donors (Lipinski definition) is 1. The fourth-order valence-electron chi connectivity index (χ4n) is 4.24. The molecule has 2 fully saturated rings. The van der Waals surface area contributed by atoms with E-state index in [1.807, 2.05) is 4.90 Å². The Hall–Kier alpha value is -2.32. The molecule has 3 rings (SSSR count). The van der Waals surface area contributed by atoms with Gasteiger partial charge in [-0.2, -0.15) is 13.2 Å². The topological polar surface area (TPSA) is 71.5 Å². The highest BCUT2D eigenvalue weighted by Gasteiger charge is 2.33. The molecule has 1 saturated carbocycles. The number of hydrogen-bond acceptors (Lipinski definition) is 5. The van der Waals surface area contributed by atoms with Gasteiger partial charge in [-0.15, -0.1) is 0 Å². The predicted molar refractivity (Wildman–Crippen MR) is 109 cm³/mol. The Bertz CT molecular complexity index is 762. The van der Waals surface area contributed by atoms with Gasteiger partial charge in [-0.3, -0.25) is 9.59 Å². The molecular weight excluding hydrogens is 411 g/mol. The standard InChI is InChI=1S/C22H30F3N3O3/c1-14-5-3-4-6-18(14)27-20(29)15(2)31-21(30)16-9-11-28(12-10-16)19-8-7-17(13-26-19)22(23,24)25/h7-8,13-16,18H,3-6,9-12H2,1-2H3,(H,27,29)/t14-,15+,18+/m1/s1. The average Bonchev–Trinajstić information content (AvgIpc) is 2.75. The van der Waals surface area contributed by atoms with Crippen molar-refractivity contribution < 1.29 is 27.5 Å². The van der Waals surface area contributed by atoms with Crippen molar-refractivity contribution in [3.63, 3.8) is 0 Å². The lowest BCUT2D eigenvalue weighted by atomic mass is 9.86. The molecule has 31 heavy (non-hydrogen) atoms. The van der Waals surface area contributed by atoms with E-state index in [1.54, 1.807) is 6.92 Å². The summed E-state index contributed by atoms with van der Waals surface area (Å²) in [6, 6.07) is 2.48. The van der Waals surface area contributed by atoms with E-state index in [0.717, 1.165) is 31.5 Å². The number of rotatable bonds is 5. The molecule has 1 aromatic heterocycles. The number of anilines is 1. The predicted octanol–water partition coefficient (Wildman–Crippen LogP) is 3.94. The van der Waals surface area contributed by atoms with Gasteiger partial charge in [0.25, 0.3) is 5.91 Å². The Morgan fingerprint density at radius 2 is 1.84 bits per heavy atom. The first-order valence-electron chi connectivity index (χ1n) is 10.9. The Kier molecular flexibility index (Phi) is 7.43. The van der Waals surface area contributed by atoms with Crippen LogP contribution in [0, 0.1) is 11.8 Å². The van der Waals surface area contributed by atoms with Gasteiger partial charge in [0.05, 0.1) is 11.5 Å². The minimum absolute atomic E-state index is 0.127. The van der Waals surface area contributed by atoms with Gasteiger partial charge in [0, 0.05) is 25.3 Å². The molecule has 0 spiro atoms. The molecule has 0 bridgehead atoms. The van der Waals surface area contributed by atoms with Gasteiger partial charge >= 0.3 is 12.1 Å². The molecule has 1 saturated heterocycles. The Labute approximate surface area is 180 Å². The van der Waals surface area contributed by atoms with Crippen LogP contribution in [0.5, 0.6) is 0 Å². The van der Waals surface area contributed by atoms with Crippen LogP contribution < -0.4 is 10.2 Å². The quantitative estimate of drug-likeness (QED) is 0.701. The zero-order chi connectivity index (χ0) is 22.6. The summed E-state index contributed by atoms with van der Waals surface area (Å²) in [4.78, 5) is 30.7. The van der Waals surface area contributed by atoms with Crippen LogP contribution in [-0.4, -0.2) is 42.1 Å². The maximum absolute atomic E-state index is 12.7. The molecule has 6 nitrogen and oxygen atoms in total. The number of carbonyl (C=O) groups is 2. The Balaban J connectivity index is 1.45. The molecule has 9 heteroatoms. The molecule has 1 aromatic rings. The van der Waals surface area contributed by atoms with Crippen LogP contribution in [-0.2, 0) is 20.5 Å². The molecule has 0 radical (unpaired) electrons. The molecule has 1 aliphatic heterocycles. The smallest absolute Gasteiger partial charge is 0.417 e. The summed E-state index contributed by atoms with van der Waals surface area (Å²) in [5, 5.41) is 3.01. The number of aromatic nitrogens is 1. The summed E-state index contributed by atoms with van der Waals surface area (Å²) in [6.45, 7) is 4.68. The number of esters is 1. The lowest BCUT2D eigenvalue weighted by Gasteiger charge is -2.33. The lowest BCUT2D eigenvalue weighted by Crippen LogP contribution is -2.46. The second-order valence-corrected chi connectivity index (χ2v) is 8.62. The highest BCUT2D eigenvalue weighted by Crippen LogP contribution is 2.30. The molecule has 0 aromatic carbocycles. The second-order valence-electron chi connectivity index (χ2n) is 8.62. The summed E-state index contributed by atoms with van der Waals surface area (Å²) < 4.78 is 43.5. The van der Waals surface area contributed by atoms with E-state index in [9.17, 15) is 22.8 Å². The normalized spacial score (nSPS) is 23.8. The number of piperidine rings is 1. The van der Waals surface area contributed by atoms with Crippen molar-refractivity contribution in [2.24, 2.45) is 11.8 Å². The zero-order valence-electron chi connectivity index (χ0n) is 18.0. The van der Waals surface area contributed by atoms with Crippen molar-refractivity contribution in [1.82, 2.24) is 10.3 Å². The third-order valence-corrected chi connectivity index (χ3v) is 6.33. The molecule has 0 unspecified atom stereocenters. The number of halogens is 3. The number of nitrogens with zero attached hydrogens (tertiary/aromatic N) is 2. The van der Waals surface area contributed by atoms with Crippen molar-refractivity contribution in [2.45, 2.75) is 70.7 Å². The monoisotopic (exact) mass is 441 g/mol. The first-order valence-corrected chi connectivity index (χ1v) is 10.9. The highest BCUT2D eigenvalue weighted by atomic mass is 19.4. The van der Waals surface area contributed by atoms with Crippen LogP contribution in [0.1, 0.15) is 57.9 Å². The van der Waals surface area contributed by atoms with E-state index in [1.165, 1.54) is 12.5 Å². The molecule has 2 heterocycles. The van der Waals surface area contributed by atoms with Gasteiger partial charge in [-0.05, 0) is 50.7 Å². The SMILES string of the molecule is C[C@H](OC(=O)C1CCN(c2ccc(C(F)(F)F)cn2)CC1)C(=O)N[C@H]1CCCC[C@H]1C. The molecule has 1 amide bonds. The van der Waals surface area contributed by atoms with Gasteiger partial charge in [0.1, 0.15) is 5.82 Å². The maximum Gasteiger partial charge on any atom is 0.417 e. The summed E-state index contributed by atoms with van der Waals surface area (Å²) in [5.74, 6) is -0.134. The van der Waals surface area contributed by atoms with Crippen molar-refractivity contribution in [3.05, 3.63) is 23.9 Å². The van der Waals surface area contributed by atoms with E-state index in [2.05, 4.69) is 17.2 Å². The van der Waals surface area contributed by atoms with Crippen molar-refractivity contribution in [3.8, 4) is 0 Å². The number of nitrogens with one attached hydrogen (secondary N) is 1. The lowest BCUT2D eigenvalue weighted by molar-refractivity contribution is -0.159. The van der Waals surface area contributed by atoms with Gasteiger partial charge in [-0.1, -0.05) is 19.8 Å². The van der Waals surface area contributed by atoms with Gasteiger partial charge in [0.15, 0.2) is 6.10 Å². The number of ether oxygens (including phenoxy) is 1. The molecule has 1 N–H and O–H groups in total. The van der Waals surface area contributed by atoms with E-state index in [4.69, 9.17) is 4.74 Å².